The van der Waals surface area contributed by atoms with Crippen LogP contribution in [0.1, 0.15) is 47.9 Å². The van der Waals surface area contributed by atoms with Crippen molar-refractivity contribution >= 4 is 44.0 Å². The molecule has 1 saturated heterocycles. The molecule has 2 aliphatic rings. The molecule has 0 radical (unpaired) electrons. The van der Waals surface area contributed by atoms with Crippen molar-refractivity contribution in [1.29, 1.82) is 0 Å². The number of carbonyl (C=O) groups is 2. The lowest BCUT2D eigenvalue weighted by atomic mass is 9.94. The van der Waals surface area contributed by atoms with Crippen LogP contribution >= 0.6 is 0 Å². The number of rotatable bonds is 5. The molecule has 2 amide bonds. The summed E-state index contributed by atoms with van der Waals surface area (Å²) in [5.41, 5.74) is 2.44. The highest BCUT2D eigenvalue weighted by molar-refractivity contribution is 7.89. The standard InChI is InChI=1S/C27H29N3O4S/c1-4-30-24-13-12-23(21-6-5-7-22(25(21)24)27(30)32)28-26(31)19-8-10-20(11-9-19)35(33,34)29-15-17(2)14-18(3)16-29/h5-13,17-18H,4,14-16H2,1-3H3,(H,28,31)/t17-,18+. The van der Waals surface area contributed by atoms with Crippen molar-refractivity contribution in [3.63, 3.8) is 0 Å². The Morgan fingerprint density at radius 1 is 1.00 bits per heavy atom. The van der Waals surface area contributed by atoms with E-state index in [9.17, 15) is 18.0 Å². The second kappa shape index (κ2) is 8.77. The second-order valence-corrected chi connectivity index (χ2v) is 11.6. The van der Waals surface area contributed by atoms with E-state index in [1.807, 2.05) is 25.1 Å². The number of amides is 2. The molecule has 3 aromatic carbocycles. The monoisotopic (exact) mass is 491 g/mol. The summed E-state index contributed by atoms with van der Waals surface area (Å²) in [7, 11) is -3.61. The van der Waals surface area contributed by atoms with Crippen LogP contribution in [0.5, 0.6) is 0 Å². The number of hydrogen-bond donors (Lipinski definition) is 1. The van der Waals surface area contributed by atoms with Gasteiger partial charge in [0.1, 0.15) is 0 Å². The average molecular weight is 492 g/mol. The molecular formula is C27H29N3O4S. The van der Waals surface area contributed by atoms with Crippen molar-refractivity contribution in [2.75, 3.05) is 29.9 Å². The number of hydrogen-bond acceptors (Lipinski definition) is 4. The van der Waals surface area contributed by atoms with Crippen LogP contribution in [0.4, 0.5) is 11.4 Å². The Labute approximate surface area is 205 Å². The quantitative estimate of drug-likeness (QED) is 0.559. The Morgan fingerprint density at radius 2 is 1.69 bits per heavy atom. The molecule has 35 heavy (non-hydrogen) atoms. The van der Waals surface area contributed by atoms with Gasteiger partial charge in [0.25, 0.3) is 11.8 Å². The fourth-order valence-corrected chi connectivity index (χ4v) is 7.07. The topological polar surface area (TPSA) is 86.8 Å². The summed E-state index contributed by atoms with van der Waals surface area (Å²) in [5.74, 6) is 0.254. The molecule has 2 aliphatic heterocycles. The molecule has 0 aromatic heterocycles. The number of sulfonamides is 1. The zero-order chi connectivity index (χ0) is 24.9. The Kier molecular flexibility index (Phi) is 5.89. The first-order valence-corrected chi connectivity index (χ1v) is 13.4. The zero-order valence-corrected chi connectivity index (χ0v) is 20.9. The van der Waals surface area contributed by atoms with Crippen LogP contribution in [0, 0.1) is 11.8 Å². The van der Waals surface area contributed by atoms with Gasteiger partial charge in [0.2, 0.25) is 10.0 Å². The number of nitrogens with one attached hydrogen (secondary N) is 1. The Balaban J connectivity index is 1.39. The van der Waals surface area contributed by atoms with Gasteiger partial charge in [0.15, 0.2) is 0 Å². The summed E-state index contributed by atoms with van der Waals surface area (Å²) < 4.78 is 27.8. The number of nitrogens with zero attached hydrogens (tertiary/aromatic N) is 2. The normalized spacial score (nSPS) is 20.4. The van der Waals surface area contributed by atoms with Gasteiger partial charge in [0.05, 0.1) is 10.6 Å². The largest absolute Gasteiger partial charge is 0.321 e. The summed E-state index contributed by atoms with van der Waals surface area (Å²) in [6, 6.07) is 15.3. The molecule has 0 spiro atoms. The van der Waals surface area contributed by atoms with E-state index in [1.54, 1.807) is 33.5 Å². The molecule has 8 heteroatoms. The molecular weight excluding hydrogens is 462 g/mol. The molecule has 1 N–H and O–H groups in total. The molecule has 1 fully saturated rings. The van der Waals surface area contributed by atoms with Gasteiger partial charge in [-0.25, -0.2) is 8.42 Å². The maximum absolute atomic E-state index is 13.1. The molecule has 2 atom stereocenters. The van der Waals surface area contributed by atoms with Gasteiger partial charge in [-0.15, -0.1) is 0 Å². The molecule has 0 aliphatic carbocycles. The van der Waals surface area contributed by atoms with E-state index in [4.69, 9.17) is 0 Å². The second-order valence-electron chi connectivity index (χ2n) is 9.66. The predicted molar refractivity (Wildman–Crippen MR) is 137 cm³/mol. The highest BCUT2D eigenvalue weighted by Crippen LogP contribution is 2.40. The van der Waals surface area contributed by atoms with Crippen LogP contribution in [0.25, 0.3) is 10.8 Å². The van der Waals surface area contributed by atoms with Crippen molar-refractivity contribution in [3.8, 4) is 0 Å². The molecule has 0 unspecified atom stereocenters. The molecule has 3 aromatic rings. The summed E-state index contributed by atoms with van der Waals surface area (Å²) in [4.78, 5) is 27.7. The number of anilines is 2. The van der Waals surface area contributed by atoms with E-state index in [0.717, 1.165) is 22.9 Å². The van der Waals surface area contributed by atoms with Crippen molar-refractivity contribution < 1.29 is 18.0 Å². The Morgan fingerprint density at radius 3 is 2.34 bits per heavy atom. The van der Waals surface area contributed by atoms with Gasteiger partial charge in [-0.05, 0) is 67.6 Å². The number of piperidine rings is 1. The highest BCUT2D eigenvalue weighted by atomic mass is 32.2. The molecule has 0 bridgehead atoms. The Bertz CT molecular complexity index is 1420. The van der Waals surface area contributed by atoms with Crippen molar-refractivity contribution in [2.45, 2.75) is 32.1 Å². The maximum atomic E-state index is 13.1. The number of benzene rings is 3. The van der Waals surface area contributed by atoms with Crippen molar-refractivity contribution in [3.05, 3.63) is 65.7 Å². The maximum Gasteiger partial charge on any atom is 0.258 e. The van der Waals surface area contributed by atoms with E-state index in [2.05, 4.69) is 19.2 Å². The van der Waals surface area contributed by atoms with Gasteiger partial charge in [-0.1, -0.05) is 26.0 Å². The van der Waals surface area contributed by atoms with Crippen LogP contribution in [-0.4, -0.2) is 44.2 Å². The van der Waals surface area contributed by atoms with Gasteiger partial charge in [0, 0.05) is 47.2 Å². The van der Waals surface area contributed by atoms with Crippen LogP contribution in [0.2, 0.25) is 0 Å². The lowest BCUT2D eigenvalue weighted by molar-refractivity contribution is 0.0992. The predicted octanol–water partition coefficient (Wildman–Crippen LogP) is 4.74. The third-order valence-electron chi connectivity index (χ3n) is 6.94. The van der Waals surface area contributed by atoms with Crippen LogP contribution in [0.3, 0.4) is 0 Å². The van der Waals surface area contributed by atoms with Crippen molar-refractivity contribution in [1.82, 2.24) is 4.31 Å². The minimum absolute atomic E-state index is 0.0362. The Hall–Kier alpha value is -3.23. The van der Waals surface area contributed by atoms with Gasteiger partial charge in [-0.3, -0.25) is 9.59 Å². The van der Waals surface area contributed by atoms with Gasteiger partial charge >= 0.3 is 0 Å². The van der Waals surface area contributed by atoms with E-state index in [1.165, 1.54) is 12.1 Å². The average Bonchev–Trinajstić information content (AvgIpc) is 3.12. The number of carbonyl (C=O) groups excluding carboxylic acids is 2. The first kappa shape index (κ1) is 23.5. The lowest BCUT2D eigenvalue weighted by Crippen LogP contribution is -2.42. The highest BCUT2D eigenvalue weighted by Gasteiger charge is 2.32. The van der Waals surface area contributed by atoms with E-state index in [-0.39, 0.29) is 16.7 Å². The van der Waals surface area contributed by atoms with Crippen LogP contribution in [0.15, 0.2) is 59.5 Å². The van der Waals surface area contributed by atoms with Gasteiger partial charge < -0.3 is 10.2 Å². The zero-order valence-electron chi connectivity index (χ0n) is 20.1. The fourth-order valence-electron chi connectivity index (χ4n) is 5.39. The molecule has 5 rings (SSSR count). The fraction of sp³-hybridized carbons (Fsp3) is 0.333. The van der Waals surface area contributed by atoms with E-state index in [0.29, 0.717) is 48.3 Å². The molecule has 0 saturated carbocycles. The lowest BCUT2D eigenvalue weighted by Gasteiger charge is -2.34. The van der Waals surface area contributed by atoms with Crippen LogP contribution in [-0.2, 0) is 10.0 Å². The smallest absolute Gasteiger partial charge is 0.258 e. The summed E-state index contributed by atoms with van der Waals surface area (Å²) in [6.45, 7) is 7.67. The van der Waals surface area contributed by atoms with Gasteiger partial charge in [-0.2, -0.15) is 4.31 Å². The summed E-state index contributed by atoms with van der Waals surface area (Å²) >= 11 is 0. The van der Waals surface area contributed by atoms with Crippen LogP contribution < -0.4 is 10.2 Å². The SMILES string of the molecule is CCN1C(=O)c2cccc3c(NC(=O)c4ccc(S(=O)(=O)N5C[C@H](C)C[C@H](C)C5)cc4)ccc1c23. The summed E-state index contributed by atoms with van der Waals surface area (Å²) in [5, 5.41) is 4.57. The minimum Gasteiger partial charge on any atom is -0.321 e. The minimum atomic E-state index is -3.61. The first-order chi connectivity index (χ1) is 16.7. The first-order valence-electron chi connectivity index (χ1n) is 12.0. The van der Waals surface area contributed by atoms with Crippen molar-refractivity contribution in [2.24, 2.45) is 11.8 Å². The third-order valence-corrected chi connectivity index (χ3v) is 8.78. The molecule has 2 heterocycles. The van der Waals surface area contributed by atoms with E-state index >= 15 is 0 Å². The molecule has 182 valence electrons. The van der Waals surface area contributed by atoms with E-state index < -0.39 is 10.0 Å². The third kappa shape index (κ3) is 4.00. The molecule has 7 nitrogen and oxygen atoms in total. The summed E-state index contributed by atoms with van der Waals surface area (Å²) in [6.07, 6.45) is 1.02.